The summed E-state index contributed by atoms with van der Waals surface area (Å²) in [5.41, 5.74) is 0. The lowest BCUT2D eigenvalue weighted by Gasteiger charge is -2.29. The Kier molecular flexibility index (Phi) is 6.74. The van der Waals surface area contributed by atoms with Crippen molar-refractivity contribution in [3.63, 3.8) is 0 Å². The molecule has 1 nitrogen and oxygen atoms in total. The van der Waals surface area contributed by atoms with Crippen LogP contribution in [0.4, 0.5) is 0 Å². The Morgan fingerprint density at radius 1 is 1.27 bits per heavy atom. The van der Waals surface area contributed by atoms with Gasteiger partial charge >= 0.3 is 0 Å². The third-order valence-corrected chi connectivity index (χ3v) is 3.86. The molecule has 1 aliphatic carbocycles. The smallest absolute Gasteiger partial charge is 0.0600 e. The van der Waals surface area contributed by atoms with Crippen LogP contribution >= 0.6 is 12.6 Å². The van der Waals surface area contributed by atoms with Gasteiger partial charge in [0.2, 0.25) is 0 Å². The first-order valence-corrected chi connectivity index (χ1v) is 7.09. The monoisotopic (exact) mass is 230 g/mol. The molecule has 0 aromatic heterocycles. The highest BCUT2D eigenvalue weighted by atomic mass is 32.1. The molecule has 2 heteroatoms. The van der Waals surface area contributed by atoms with Crippen molar-refractivity contribution in [2.75, 3.05) is 12.4 Å². The standard InChI is InChI=1S/C13H26OS/c1-11(8-10-15)7-9-14-13-6-4-3-5-12(13)2/h11-13,15H,3-10H2,1-2H3. The van der Waals surface area contributed by atoms with Crippen molar-refractivity contribution >= 4 is 12.6 Å². The molecule has 0 aromatic rings. The van der Waals surface area contributed by atoms with Crippen LogP contribution in [-0.2, 0) is 4.74 Å². The van der Waals surface area contributed by atoms with Gasteiger partial charge in [0.25, 0.3) is 0 Å². The predicted octanol–water partition coefficient (Wildman–Crippen LogP) is 3.93. The summed E-state index contributed by atoms with van der Waals surface area (Å²) < 4.78 is 5.99. The summed E-state index contributed by atoms with van der Waals surface area (Å²) in [6, 6.07) is 0. The fourth-order valence-electron chi connectivity index (χ4n) is 2.32. The van der Waals surface area contributed by atoms with E-state index in [9.17, 15) is 0 Å². The number of hydrogen-bond donors (Lipinski definition) is 1. The highest BCUT2D eigenvalue weighted by Crippen LogP contribution is 2.26. The van der Waals surface area contributed by atoms with E-state index in [-0.39, 0.29) is 0 Å². The SMILES string of the molecule is CC(CCS)CCOC1CCCCC1C. The Morgan fingerprint density at radius 3 is 2.67 bits per heavy atom. The predicted molar refractivity (Wildman–Crippen MR) is 69.6 cm³/mol. The quantitative estimate of drug-likeness (QED) is 0.680. The van der Waals surface area contributed by atoms with Crippen molar-refractivity contribution in [1.29, 1.82) is 0 Å². The molecule has 0 heterocycles. The van der Waals surface area contributed by atoms with Gasteiger partial charge in [0.05, 0.1) is 6.10 Å². The van der Waals surface area contributed by atoms with Crippen LogP contribution in [0, 0.1) is 11.8 Å². The molecule has 0 aliphatic heterocycles. The van der Waals surface area contributed by atoms with E-state index in [0.29, 0.717) is 6.10 Å². The maximum atomic E-state index is 5.99. The van der Waals surface area contributed by atoms with Crippen molar-refractivity contribution in [3.8, 4) is 0 Å². The van der Waals surface area contributed by atoms with E-state index in [1.54, 1.807) is 0 Å². The van der Waals surface area contributed by atoms with E-state index in [1.165, 1.54) is 38.5 Å². The number of hydrogen-bond acceptors (Lipinski definition) is 2. The van der Waals surface area contributed by atoms with Crippen LogP contribution in [0.3, 0.4) is 0 Å². The van der Waals surface area contributed by atoms with E-state index >= 15 is 0 Å². The lowest BCUT2D eigenvalue weighted by atomic mass is 9.88. The molecule has 0 aromatic carbocycles. The Hall–Kier alpha value is 0.310. The molecule has 1 fully saturated rings. The maximum absolute atomic E-state index is 5.99. The average molecular weight is 230 g/mol. The Morgan fingerprint density at radius 2 is 2.00 bits per heavy atom. The molecular weight excluding hydrogens is 204 g/mol. The molecule has 0 radical (unpaired) electrons. The number of rotatable bonds is 6. The minimum Gasteiger partial charge on any atom is -0.378 e. The summed E-state index contributed by atoms with van der Waals surface area (Å²) in [6.07, 6.45) is 8.36. The van der Waals surface area contributed by atoms with Crippen LogP contribution in [0.15, 0.2) is 0 Å². The minimum absolute atomic E-state index is 0.543. The Labute approximate surface area is 100 Å². The van der Waals surface area contributed by atoms with E-state index < -0.39 is 0 Å². The summed E-state index contributed by atoms with van der Waals surface area (Å²) in [5, 5.41) is 0. The molecule has 0 N–H and O–H groups in total. The minimum atomic E-state index is 0.543. The zero-order valence-corrected chi connectivity index (χ0v) is 11.1. The summed E-state index contributed by atoms with van der Waals surface area (Å²) in [6.45, 7) is 5.58. The van der Waals surface area contributed by atoms with Crippen LogP contribution in [0.5, 0.6) is 0 Å². The molecule has 3 unspecified atom stereocenters. The largest absolute Gasteiger partial charge is 0.378 e. The second-order valence-electron chi connectivity index (χ2n) is 5.08. The van der Waals surface area contributed by atoms with Crippen molar-refractivity contribution in [3.05, 3.63) is 0 Å². The van der Waals surface area contributed by atoms with Gasteiger partial charge in [-0.2, -0.15) is 12.6 Å². The van der Waals surface area contributed by atoms with Gasteiger partial charge in [-0.3, -0.25) is 0 Å². The molecule has 0 bridgehead atoms. The molecule has 1 rings (SSSR count). The van der Waals surface area contributed by atoms with Gasteiger partial charge < -0.3 is 4.74 Å². The molecule has 1 aliphatic rings. The highest BCUT2D eigenvalue weighted by molar-refractivity contribution is 7.80. The van der Waals surface area contributed by atoms with Gasteiger partial charge in [0.15, 0.2) is 0 Å². The van der Waals surface area contributed by atoms with E-state index in [4.69, 9.17) is 4.74 Å². The fourth-order valence-corrected chi connectivity index (χ4v) is 2.76. The van der Waals surface area contributed by atoms with Crippen LogP contribution in [0.25, 0.3) is 0 Å². The first-order chi connectivity index (χ1) is 7.24. The molecule has 0 spiro atoms. The summed E-state index contributed by atoms with van der Waals surface area (Å²) >= 11 is 4.26. The van der Waals surface area contributed by atoms with Crippen molar-refractivity contribution in [2.45, 2.75) is 58.5 Å². The maximum Gasteiger partial charge on any atom is 0.0600 e. The topological polar surface area (TPSA) is 9.23 Å². The van der Waals surface area contributed by atoms with Gasteiger partial charge in [-0.25, -0.2) is 0 Å². The summed E-state index contributed by atoms with van der Waals surface area (Å²) in [5.74, 6) is 2.54. The summed E-state index contributed by atoms with van der Waals surface area (Å²) in [4.78, 5) is 0. The van der Waals surface area contributed by atoms with E-state index in [0.717, 1.165) is 24.2 Å². The van der Waals surface area contributed by atoms with Crippen LogP contribution in [0.1, 0.15) is 52.4 Å². The van der Waals surface area contributed by atoms with Crippen molar-refractivity contribution in [2.24, 2.45) is 11.8 Å². The summed E-state index contributed by atoms with van der Waals surface area (Å²) in [7, 11) is 0. The molecule has 0 saturated heterocycles. The van der Waals surface area contributed by atoms with Gasteiger partial charge in [-0.05, 0) is 43.3 Å². The fraction of sp³-hybridized carbons (Fsp3) is 1.00. The van der Waals surface area contributed by atoms with Crippen LogP contribution in [0.2, 0.25) is 0 Å². The molecule has 3 atom stereocenters. The third-order valence-electron chi connectivity index (χ3n) is 3.60. The van der Waals surface area contributed by atoms with Crippen molar-refractivity contribution in [1.82, 2.24) is 0 Å². The number of thiol groups is 1. The molecule has 15 heavy (non-hydrogen) atoms. The molecule has 90 valence electrons. The van der Waals surface area contributed by atoms with Gasteiger partial charge in [0.1, 0.15) is 0 Å². The van der Waals surface area contributed by atoms with Crippen LogP contribution < -0.4 is 0 Å². The Bertz CT molecular complexity index is 161. The molecule has 0 amide bonds. The van der Waals surface area contributed by atoms with Gasteiger partial charge in [-0.15, -0.1) is 0 Å². The second-order valence-corrected chi connectivity index (χ2v) is 5.52. The van der Waals surface area contributed by atoms with Crippen LogP contribution in [-0.4, -0.2) is 18.5 Å². The highest BCUT2D eigenvalue weighted by Gasteiger charge is 2.21. The van der Waals surface area contributed by atoms with Gasteiger partial charge in [0, 0.05) is 6.61 Å². The van der Waals surface area contributed by atoms with E-state index in [2.05, 4.69) is 26.5 Å². The lowest BCUT2D eigenvalue weighted by molar-refractivity contribution is -0.00988. The molecular formula is C13H26OS. The second kappa shape index (κ2) is 7.56. The first kappa shape index (κ1) is 13.4. The zero-order chi connectivity index (χ0) is 11.1. The Balaban J connectivity index is 2.08. The zero-order valence-electron chi connectivity index (χ0n) is 10.2. The third kappa shape index (κ3) is 5.26. The van der Waals surface area contributed by atoms with Crippen molar-refractivity contribution < 1.29 is 4.74 Å². The normalized spacial score (nSPS) is 29.0. The first-order valence-electron chi connectivity index (χ1n) is 6.46. The average Bonchev–Trinajstić information content (AvgIpc) is 2.21. The molecule has 1 saturated carbocycles. The van der Waals surface area contributed by atoms with E-state index in [1.807, 2.05) is 0 Å². The lowest BCUT2D eigenvalue weighted by Crippen LogP contribution is -2.26. The van der Waals surface area contributed by atoms with Gasteiger partial charge in [-0.1, -0.05) is 26.7 Å². The number of ether oxygens (including phenoxy) is 1.